The van der Waals surface area contributed by atoms with Gasteiger partial charge in [-0.2, -0.15) is 0 Å². The maximum absolute atomic E-state index is 13.2. The summed E-state index contributed by atoms with van der Waals surface area (Å²) in [4.78, 5) is 26.7. The van der Waals surface area contributed by atoms with Gasteiger partial charge in [-0.1, -0.05) is 19.8 Å². The number of hydrogen-bond acceptors (Lipinski definition) is 4. The summed E-state index contributed by atoms with van der Waals surface area (Å²) < 4.78 is 0. The van der Waals surface area contributed by atoms with E-state index < -0.39 is 0 Å². The number of likely N-dealkylation sites (tertiary alicyclic amines) is 1. The molecular formula is C21H32N4O. The Hall–Kier alpha value is -1.49. The third-order valence-electron chi connectivity index (χ3n) is 6.86. The molecule has 0 aliphatic carbocycles. The maximum atomic E-state index is 13.2. The molecule has 4 atom stereocenters. The summed E-state index contributed by atoms with van der Waals surface area (Å²) in [5.41, 5.74) is 2.33. The lowest BCUT2D eigenvalue weighted by Gasteiger charge is -2.55. The Morgan fingerprint density at radius 3 is 2.65 bits per heavy atom. The molecule has 0 radical (unpaired) electrons. The minimum atomic E-state index is 0.143. The molecule has 1 amide bonds. The van der Waals surface area contributed by atoms with E-state index in [4.69, 9.17) is 0 Å². The van der Waals surface area contributed by atoms with E-state index >= 15 is 0 Å². The van der Waals surface area contributed by atoms with Crippen LogP contribution in [0.3, 0.4) is 0 Å². The second kappa shape index (κ2) is 7.26. The topological polar surface area (TPSA) is 49.3 Å². The van der Waals surface area contributed by atoms with Crippen molar-refractivity contribution in [3.8, 4) is 0 Å². The molecule has 3 fully saturated rings. The number of piperidine rings is 3. The summed E-state index contributed by atoms with van der Waals surface area (Å²) in [7, 11) is 0. The van der Waals surface area contributed by atoms with Gasteiger partial charge in [0.15, 0.2) is 0 Å². The van der Waals surface area contributed by atoms with E-state index in [2.05, 4.69) is 26.7 Å². The van der Waals surface area contributed by atoms with Gasteiger partial charge in [0, 0.05) is 31.7 Å². The van der Waals surface area contributed by atoms with E-state index in [1.807, 2.05) is 13.8 Å². The molecule has 142 valence electrons. The zero-order valence-corrected chi connectivity index (χ0v) is 16.4. The average molecular weight is 357 g/mol. The van der Waals surface area contributed by atoms with E-state index in [9.17, 15) is 4.79 Å². The summed E-state index contributed by atoms with van der Waals surface area (Å²) in [5.74, 6) is 1.40. The second-order valence-electron chi connectivity index (χ2n) is 8.63. The lowest BCUT2D eigenvalue weighted by molar-refractivity contribution is -0.0519. The number of amides is 1. The Kier molecular flexibility index (Phi) is 5.00. The van der Waals surface area contributed by atoms with Crippen molar-refractivity contribution in [1.82, 2.24) is 19.8 Å². The van der Waals surface area contributed by atoms with Crippen molar-refractivity contribution < 1.29 is 4.79 Å². The van der Waals surface area contributed by atoms with Crippen LogP contribution in [0.25, 0.3) is 0 Å². The van der Waals surface area contributed by atoms with Gasteiger partial charge in [-0.15, -0.1) is 0 Å². The van der Waals surface area contributed by atoms with Crippen LogP contribution in [0.4, 0.5) is 0 Å². The first-order valence-electron chi connectivity index (χ1n) is 10.4. The van der Waals surface area contributed by atoms with E-state index in [0.717, 1.165) is 36.1 Å². The van der Waals surface area contributed by atoms with Gasteiger partial charge in [0.05, 0.1) is 17.0 Å². The molecule has 0 saturated carbocycles. The zero-order chi connectivity index (χ0) is 18.3. The SMILES string of the molecule is CCC[C@H]1CCC[C@H]2[C@@H]3C[C@@H](CN(C(=O)c4c(C)ncnc4C)C3)CN12. The number of fused-ring (bicyclic) bond motifs is 4. The van der Waals surface area contributed by atoms with Crippen LogP contribution < -0.4 is 0 Å². The first-order valence-corrected chi connectivity index (χ1v) is 10.4. The Morgan fingerprint density at radius 1 is 1.15 bits per heavy atom. The Bertz CT molecular complexity index is 654. The van der Waals surface area contributed by atoms with Crippen molar-refractivity contribution in [3.05, 3.63) is 23.3 Å². The summed E-state index contributed by atoms with van der Waals surface area (Å²) in [6.07, 6.45) is 9.50. The fourth-order valence-electron chi connectivity index (χ4n) is 5.78. The lowest BCUT2D eigenvalue weighted by Crippen LogP contribution is -2.62. The number of rotatable bonds is 3. The third-order valence-corrected chi connectivity index (χ3v) is 6.86. The highest BCUT2D eigenvalue weighted by atomic mass is 16.2. The molecular weight excluding hydrogens is 324 g/mol. The van der Waals surface area contributed by atoms with Gasteiger partial charge in [0.2, 0.25) is 0 Å². The van der Waals surface area contributed by atoms with Crippen molar-refractivity contribution in [2.45, 2.75) is 71.4 Å². The largest absolute Gasteiger partial charge is 0.338 e. The molecule has 5 nitrogen and oxygen atoms in total. The number of hydrogen-bond donors (Lipinski definition) is 0. The molecule has 3 aliphatic heterocycles. The van der Waals surface area contributed by atoms with Crippen molar-refractivity contribution in [1.29, 1.82) is 0 Å². The Morgan fingerprint density at radius 2 is 1.92 bits per heavy atom. The molecule has 2 bridgehead atoms. The summed E-state index contributed by atoms with van der Waals surface area (Å²) in [6, 6.07) is 1.46. The summed E-state index contributed by atoms with van der Waals surface area (Å²) >= 11 is 0. The molecule has 3 aliphatic rings. The molecule has 4 rings (SSSR count). The van der Waals surface area contributed by atoms with E-state index in [0.29, 0.717) is 17.9 Å². The first kappa shape index (κ1) is 17.9. The molecule has 1 aromatic heterocycles. The highest BCUT2D eigenvalue weighted by Gasteiger charge is 2.45. The molecule has 3 saturated heterocycles. The van der Waals surface area contributed by atoms with E-state index in [1.54, 1.807) is 6.33 Å². The van der Waals surface area contributed by atoms with Gasteiger partial charge in [-0.3, -0.25) is 9.69 Å². The van der Waals surface area contributed by atoms with Crippen LogP contribution in [-0.2, 0) is 0 Å². The zero-order valence-electron chi connectivity index (χ0n) is 16.4. The van der Waals surface area contributed by atoms with Gasteiger partial charge < -0.3 is 4.90 Å². The predicted octanol–water partition coefficient (Wildman–Crippen LogP) is 3.21. The molecule has 1 aromatic rings. The van der Waals surface area contributed by atoms with Crippen LogP contribution in [0.15, 0.2) is 6.33 Å². The standard InChI is InChI=1S/C21H32N4O/c1-4-6-18-7-5-8-19-17-9-16(11-25(18)19)10-24(12-17)21(26)20-14(2)22-13-23-15(20)3/h13,16-19H,4-12H2,1-3H3/t16-,17+,18-,19-/m0/s1. The molecule has 0 unspecified atom stereocenters. The summed E-state index contributed by atoms with van der Waals surface area (Å²) in [6.45, 7) is 9.13. The number of nitrogens with zero attached hydrogens (tertiary/aromatic N) is 4. The smallest absolute Gasteiger partial charge is 0.257 e. The molecule has 4 heterocycles. The molecule has 26 heavy (non-hydrogen) atoms. The van der Waals surface area contributed by atoms with Crippen molar-refractivity contribution >= 4 is 5.91 Å². The number of carbonyl (C=O) groups excluding carboxylic acids is 1. The van der Waals surface area contributed by atoms with Crippen LogP contribution in [0.1, 0.15) is 67.2 Å². The average Bonchev–Trinajstić information content (AvgIpc) is 2.62. The van der Waals surface area contributed by atoms with E-state index in [1.165, 1.54) is 45.1 Å². The first-order chi connectivity index (χ1) is 12.6. The molecule has 0 aromatic carbocycles. The van der Waals surface area contributed by atoms with Gasteiger partial charge >= 0.3 is 0 Å². The molecule has 0 spiro atoms. The van der Waals surface area contributed by atoms with Crippen molar-refractivity contribution in [3.63, 3.8) is 0 Å². The Labute approximate surface area is 157 Å². The molecule has 0 N–H and O–H groups in total. The normalized spacial score (nSPS) is 31.6. The highest BCUT2D eigenvalue weighted by molar-refractivity contribution is 5.96. The van der Waals surface area contributed by atoms with Gasteiger partial charge in [-0.25, -0.2) is 9.97 Å². The highest BCUT2D eigenvalue weighted by Crippen LogP contribution is 2.40. The van der Waals surface area contributed by atoms with Crippen LogP contribution in [-0.4, -0.2) is 57.4 Å². The maximum Gasteiger partial charge on any atom is 0.257 e. The lowest BCUT2D eigenvalue weighted by atomic mass is 9.74. The van der Waals surface area contributed by atoms with Crippen molar-refractivity contribution in [2.75, 3.05) is 19.6 Å². The van der Waals surface area contributed by atoms with Crippen LogP contribution in [0.5, 0.6) is 0 Å². The minimum Gasteiger partial charge on any atom is -0.338 e. The number of carbonyl (C=O) groups is 1. The van der Waals surface area contributed by atoms with Gasteiger partial charge in [0.25, 0.3) is 5.91 Å². The van der Waals surface area contributed by atoms with Gasteiger partial charge in [-0.05, 0) is 51.4 Å². The fourth-order valence-corrected chi connectivity index (χ4v) is 5.78. The van der Waals surface area contributed by atoms with Crippen molar-refractivity contribution in [2.24, 2.45) is 11.8 Å². The second-order valence-corrected chi connectivity index (χ2v) is 8.63. The van der Waals surface area contributed by atoms with E-state index in [-0.39, 0.29) is 5.91 Å². The predicted molar refractivity (Wildman–Crippen MR) is 102 cm³/mol. The summed E-state index contributed by atoms with van der Waals surface area (Å²) in [5, 5.41) is 0. The fraction of sp³-hybridized carbons (Fsp3) is 0.762. The van der Waals surface area contributed by atoms with Crippen LogP contribution in [0, 0.1) is 25.7 Å². The third kappa shape index (κ3) is 3.15. The number of aromatic nitrogens is 2. The van der Waals surface area contributed by atoms with Gasteiger partial charge in [0.1, 0.15) is 6.33 Å². The molecule has 5 heteroatoms. The van der Waals surface area contributed by atoms with Crippen LogP contribution >= 0.6 is 0 Å². The Balaban J connectivity index is 1.53. The number of aryl methyl sites for hydroxylation is 2. The minimum absolute atomic E-state index is 0.143. The van der Waals surface area contributed by atoms with Crippen LogP contribution in [0.2, 0.25) is 0 Å². The quantitative estimate of drug-likeness (QED) is 0.834. The monoisotopic (exact) mass is 356 g/mol.